The Kier molecular flexibility index (Phi) is 15.2. The Morgan fingerprint density at radius 1 is 0.750 bits per heavy atom. The van der Waals surface area contributed by atoms with Crippen molar-refractivity contribution < 1.29 is 44.1 Å². The topological polar surface area (TPSA) is 290 Å². The first kappa shape index (κ1) is 32.4. The van der Waals surface area contributed by atoms with Gasteiger partial charge >= 0.3 is 17.9 Å². The first-order chi connectivity index (χ1) is 16.8. The van der Waals surface area contributed by atoms with Crippen molar-refractivity contribution in [2.24, 2.45) is 22.2 Å². The Bertz CT molecular complexity index is 836. The molecule has 0 aliphatic heterocycles. The van der Waals surface area contributed by atoms with Crippen LogP contribution in [-0.2, 0) is 28.8 Å². The molecule has 0 aliphatic rings. The fourth-order valence-electron chi connectivity index (χ4n) is 2.74. The number of rotatable bonds is 18. The van der Waals surface area contributed by atoms with Gasteiger partial charge in [-0.05, 0) is 25.7 Å². The van der Waals surface area contributed by atoms with Gasteiger partial charge in [0.25, 0.3) is 0 Å². The van der Waals surface area contributed by atoms with Crippen molar-refractivity contribution in [3.8, 4) is 0 Å². The molecule has 0 aromatic heterocycles. The smallest absolute Gasteiger partial charge is 0.326 e. The van der Waals surface area contributed by atoms with Crippen LogP contribution in [0.5, 0.6) is 0 Å². The standard InChI is InChI=1S/C19H33N7O9S/c20-9(8-36)15(31)24-10(2-1-7-23-19(21)22)16(32)25-11(3-5-13(27)28)17(33)26-12(18(34)35)4-6-14(29)30/h9-12,36H,1-8,20H2,(H,24,31)(H,25,32)(H,26,33)(H,27,28)(H,29,30)(H,34,35)(H4,21,22,23). The van der Waals surface area contributed by atoms with E-state index >= 15 is 0 Å². The van der Waals surface area contributed by atoms with Crippen LogP contribution in [0, 0.1) is 0 Å². The third-order valence-electron chi connectivity index (χ3n) is 4.65. The van der Waals surface area contributed by atoms with Crippen molar-refractivity contribution in [1.82, 2.24) is 16.0 Å². The number of nitrogens with one attached hydrogen (secondary N) is 3. The molecule has 0 radical (unpaired) electrons. The third-order valence-corrected chi connectivity index (χ3v) is 5.05. The lowest BCUT2D eigenvalue weighted by atomic mass is 10.1. The van der Waals surface area contributed by atoms with E-state index in [2.05, 4.69) is 33.6 Å². The Labute approximate surface area is 211 Å². The number of thiol groups is 1. The summed E-state index contributed by atoms with van der Waals surface area (Å²) in [7, 11) is 0. The van der Waals surface area contributed by atoms with Crippen molar-refractivity contribution in [2.45, 2.75) is 62.7 Å². The highest BCUT2D eigenvalue weighted by Gasteiger charge is 2.30. The van der Waals surface area contributed by atoms with Crippen molar-refractivity contribution in [1.29, 1.82) is 0 Å². The van der Waals surface area contributed by atoms with Crippen LogP contribution in [0.2, 0.25) is 0 Å². The summed E-state index contributed by atoms with van der Waals surface area (Å²) in [6, 6.07) is -5.37. The molecule has 0 saturated heterocycles. The first-order valence-corrected chi connectivity index (χ1v) is 11.4. The molecule has 4 unspecified atom stereocenters. The fraction of sp³-hybridized carbons (Fsp3) is 0.632. The number of nitrogens with two attached hydrogens (primary N) is 3. The number of carboxylic acids is 3. The molecule has 0 heterocycles. The summed E-state index contributed by atoms with van der Waals surface area (Å²) in [5.74, 6) is -6.92. The second kappa shape index (κ2) is 16.9. The number of hydrogen-bond donors (Lipinski definition) is 10. The number of amides is 3. The summed E-state index contributed by atoms with van der Waals surface area (Å²) in [6.45, 7) is 0.118. The summed E-state index contributed by atoms with van der Waals surface area (Å²) in [4.78, 5) is 74.8. The predicted molar refractivity (Wildman–Crippen MR) is 129 cm³/mol. The van der Waals surface area contributed by atoms with Gasteiger partial charge in [-0.1, -0.05) is 0 Å². The highest BCUT2D eigenvalue weighted by molar-refractivity contribution is 7.80. The van der Waals surface area contributed by atoms with Gasteiger partial charge in [0.2, 0.25) is 17.7 Å². The van der Waals surface area contributed by atoms with Crippen molar-refractivity contribution in [3.05, 3.63) is 0 Å². The van der Waals surface area contributed by atoms with Crippen LogP contribution >= 0.6 is 12.6 Å². The normalized spacial score (nSPS) is 13.8. The molecule has 0 saturated carbocycles. The van der Waals surface area contributed by atoms with E-state index in [0.29, 0.717) is 0 Å². The highest BCUT2D eigenvalue weighted by atomic mass is 32.1. The van der Waals surface area contributed by atoms with Crippen LogP contribution in [-0.4, -0.2) is 93.4 Å². The van der Waals surface area contributed by atoms with Gasteiger partial charge in [0.05, 0.1) is 6.04 Å². The fourth-order valence-corrected chi connectivity index (χ4v) is 2.91. The second-order valence-electron chi connectivity index (χ2n) is 7.62. The van der Waals surface area contributed by atoms with Crippen molar-refractivity contribution in [3.63, 3.8) is 0 Å². The van der Waals surface area contributed by atoms with Gasteiger partial charge in [0, 0.05) is 25.1 Å². The first-order valence-electron chi connectivity index (χ1n) is 10.8. The molecule has 3 amide bonds. The molecule has 0 fully saturated rings. The van der Waals surface area contributed by atoms with Crippen LogP contribution in [0.25, 0.3) is 0 Å². The summed E-state index contributed by atoms with van der Waals surface area (Å²) >= 11 is 3.92. The SMILES string of the molecule is NC(N)=NCCCC(NC(=O)C(N)CS)C(=O)NC(CCC(=O)O)C(=O)NC(CCC(=O)O)C(=O)O. The molecule has 0 spiro atoms. The van der Waals surface area contributed by atoms with Crippen LogP contribution in [0.3, 0.4) is 0 Å². The Morgan fingerprint density at radius 2 is 1.19 bits per heavy atom. The van der Waals surface area contributed by atoms with Gasteiger partial charge in [-0.3, -0.25) is 29.0 Å². The number of carbonyl (C=O) groups is 6. The van der Waals surface area contributed by atoms with Gasteiger partial charge in [-0.25, -0.2) is 4.79 Å². The van der Waals surface area contributed by atoms with E-state index in [1.807, 2.05) is 0 Å². The number of aliphatic carboxylic acids is 3. The average Bonchev–Trinajstić information content (AvgIpc) is 2.79. The Hall–Kier alpha value is -3.60. The number of hydrogen-bond acceptors (Lipinski definition) is 9. The zero-order chi connectivity index (χ0) is 27.8. The number of carboxylic acid groups (broad SMARTS) is 3. The van der Waals surface area contributed by atoms with Crippen LogP contribution in [0.1, 0.15) is 38.5 Å². The molecule has 17 heteroatoms. The van der Waals surface area contributed by atoms with Crippen molar-refractivity contribution >= 4 is 54.2 Å². The van der Waals surface area contributed by atoms with Gasteiger partial charge in [-0.2, -0.15) is 12.6 Å². The molecule has 16 nitrogen and oxygen atoms in total. The van der Waals surface area contributed by atoms with Gasteiger partial charge in [0.15, 0.2) is 5.96 Å². The minimum atomic E-state index is -1.60. The van der Waals surface area contributed by atoms with E-state index in [-0.39, 0.29) is 31.1 Å². The molecule has 4 atom stereocenters. The minimum absolute atomic E-state index is 0.0112. The molecule has 0 aliphatic carbocycles. The van der Waals surface area contributed by atoms with Gasteiger partial charge in [0.1, 0.15) is 18.1 Å². The summed E-state index contributed by atoms with van der Waals surface area (Å²) in [5.41, 5.74) is 16.1. The number of nitrogens with zero attached hydrogens (tertiary/aromatic N) is 1. The maximum Gasteiger partial charge on any atom is 0.326 e. The van der Waals surface area contributed by atoms with E-state index < -0.39 is 85.5 Å². The molecular weight excluding hydrogens is 502 g/mol. The van der Waals surface area contributed by atoms with Crippen LogP contribution < -0.4 is 33.2 Å². The number of aliphatic imine (C=N–C) groups is 1. The van der Waals surface area contributed by atoms with Gasteiger partial charge < -0.3 is 48.5 Å². The summed E-state index contributed by atoms with van der Waals surface area (Å²) in [6.07, 6.45) is -1.73. The lowest BCUT2D eigenvalue weighted by Crippen LogP contribution is -2.57. The Balaban J connectivity index is 5.62. The third kappa shape index (κ3) is 14.0. The van der Waals surface area contributed by atoms with E-state index in [0.717, 1.165) is 0 Å². The molecule has 0 bridgehead atoms. The van der Waals surface area contributed by atoms with E-state index in [4.69, 9.17) is 27.4 Å². The van der Waals surface area contributed by atoms with Crippen molar-refractivity contribution in [2.75, 3.05) is 12.3 Å². The quantitative estimate of drug-likeness (QED) is 0.0355. The largest absolute Gasteiger partial charge is 0.481 e. The maximum atomic E-state index is 12.9. The molecule has 0 rings (SSSR count). The van der Waals surface area contributed by atoms with E-state index in [9.17, 15) is 33.9 Å². The molecule has 12 N–H and O–H groups in total. The zero-order valence-electron chi connectivity index (χ0n) is 19.4. The summed E-state index contributed by atoms with van der Waals surface area (Å²) < 4.78 is 0. The van der Waals surface area contributed by atoms with Crippen LogP contribution in [0.4, 0.5) is 0 Å². The summed E-state index contributed by atoms with van der Waals surface area (Å²) in [5, 5.41) is 33.8. The zero-order valence-corrected chi connectivity index (χ0v) is 20.3. The predicted octanol–water partition coefficient (Wildman–Crippen LogP) is -3.43. The van der Waals surface area contributed by atoms with E-state index in [1.54, 1.807) is 0 Å². The minimum Gasteiger partial charge on any atom is -0.481 e. The monoisotopic (exact) mass is 535 g/mol. The second-order valence-corrected chi connectivity index (χ2v) is 7.99. The van der Waals surface area contributed by atoms with Crippen LogP contribution in [0.15, 0.2) is 4.99 Å². The molecule has 0 aromatic carbocycles. The van der Waals surface area contributed by atoms with E-state index in [1.165, 1.54) is 0 Å². The molecule has 0 aromatic rings. The Morgan fingerprint density at radius 3 is 1.64 bits per heavy atom. The van der Waals surface area contributed by atoms with Gasteiger partial charge in [-0.15, -0.1) is 0 Å². The lowest BCUT2D eigenvalue weighted by Gasteiger charge is -2.25. The molecular formula is C19H33N7O9S. The molecule has 204 valence electrons. The average molecular weight is 536 g/mol. The lowest BCUT2D eigenvalue weighted by molar-refractivity contribution is -0.144. The number of guanidine groups is 1. The molecule has 36 heavy (non-hydrogen) atoms. The highest BCUT2D eigenvalue weighted by Crippen LogP contribution is 2.06. The maximum absolute atomic E-state index is 12.9. The number of carbonyl (C=O) groups excluding carboxylic acids is 3.